The molecule has 0 amide bonds. The van der Waals surface area contributed by atoms with Crippen LogP contribution in [0.15, 0.2) is 0 Å². The molecule has 0 bridgehead atoms. The quantitative estimate of drug-likeness (QED) is 0.690. The molecule has 15 heavy (non-hydrogen) atoms. The fourth-order valence-corrected chi connectivity index (χ4v) is 1.91. The summed E-state index contributed by atoms with van der Waals surface area (Å²) in [6.45, 7) is 8.19. The highest BCUT2D eigenvalue weighted by atomic mass is 16.6. The minimum Gasteiger partial charge on any atom is -0.370 e. The molecule has 4 unspecified atom stereocenters. The number of nitrogens with two attached hydrogens (primary N) is 2. The molecule has 90 valence electrons. The van der Waals surface area contributed by atoms with E-state index in [0.717, 1.165) is 12.8 Å². The van der Waals surface area contributed by atoms with Crippen molar-refractivity contribution in [1.29, 1.82) is 0 Å². The van der Waals surface area contributed by atoms with Gasteiger partial charge >= 0.3 is 0 Å². The molecule has 0 aromatic carbocycles. The summed E-state index contributed by atoms with van der Waals surface area (Å²) in [6, 6.07) is 0. The predicted molar refractivity (Wildman–Crippen MR) is 60.4 cm³/mol. The molecule has 1 fully saturated rings. The van der Waals surface area contributed by atoms with Crippen molar-refractivity contribution in [1.82, 2.24) is 0 Å². The molecular formula is C11H24N2O2. The van der Waals surface area contributed by atoms with E-state index in [1.807, 2.05) is 20.8 Å². The summed E-state index contributed by atoms with van der Waals surface area (Å²) in [5.41, 5.74) is 10.9. The van der Waals surface area contributed by atoms with Crippen molar-refractivity contribution in [3.05, 3.63) is 0 Å². The molecule has 1 rings (SSSR count). The first-order valence-corrected chi connectivity index (χ1v) is 5.69. The highest BCUT2D eigenvalue weighted by Gasteiger charge is 2.41. The molecule has 1 aliphatic heterocycles. The predicted octanol–water partition coefficient (Wildman–Crippen LogP) is 0.981. The average molecular weight is 216 g/mol. The Hall–Kier alpha value is -0.160. The van der Waals surface area contributed by atoms with Crippen LogP contribution in [0.5, 0.6) is 0 Å². The fraction of sp³-hybridized carbons (Fsp3) is 1.00. The van der Waals surface area contributed by atoms with E-state index in [4.69, 9.17) is 20.9 Å². The number of rotatable bonds is 3. The van der Waals surface area contributed by atoms with Crippen molar-refractivity contribution in [2.75, 3.05) is 0 Å². The topological polar surface area (TPSA) is 70.5 Å². The zero-order valence-corrected chi connectivity index (χ0v) is 10.2. The summed E-state index contributed by atoms with van der Waals surface area (Å²) in [4.78, 5) is 0. The molecule has 1 aliphatic rings. The van der Waals surface area contributed by atoms with Crippen LogP contribution < -0.4 is 11.5 Å². The molecule has 0 aromatic heterocycles. The van der Waals surface area contributed by atoms with E-state index >= 15 is 0 Å². The summed E-state index contributed by atoms with van der Waals surface area (Å²) in [6.07, 6.45) is 1.68. The van der Waals surface area contributed by atoms with Gasteiger partial charge in [-0.3, -0.25) is 0 Å². The minimum atomic E-state index is -0.271. The van der Waals surface area contributed by atoms with Gasteiger partial charge in [0.1, 0.15) is 0 Å². The Kier molecular flexibility index (Phi) is 4.12. The summed E-state index contributed by atoms with van der Waals surface area (Å²) < 4.78 is 11.9. The maximum Gasteiger partial charge on any atom is 0.0918 e. The van der Waals surface area contributed by atoms with E-state index in [9.17, 15) is 0 Å². The Morgan fingerprint density at radius 1 is 1.20 bits per heavy atom. The molecule has 0 saturated carbocycles. The zero-order valence-electron chi connectivity index (χ0n) is 10.2. The molecular weight excluding hydrogens is 192 g/mol. The van der Waals surface area contributed by atoms with E-state index in [2.05, 4.69) is 6.92 Å². The van der Waals surface area contributed by atoms with Crippen molar-refractivity contribution in [2.45, 2.75) is 70.6 Å². The highest BCUT2D eigenvalue weighted by Crippen LogP contribution is 2.32. The lowest BCUT2D eigenvalue weighted by Gasteiger charge is -2.45. The van der Waals surface area contributed by atoms with Crippen LogP contribution in [0.3, 0.4) is 0 Å². The Labute approximate surface area is 92.3 Å². The van der Waals surface area contributed by atoms with Gasteiger partial charge in [0, 0.05) is 0 Å². The van der Waals surface area contributed by atoms with E-state index in [1.54, 1.807) is 0 Å². The second kappa shape index (κ2) is 4.78. The molecule has 4 atom stereocenters. The molecule has 0 radical (unpaired) electrons. The third kappa shape index (κ3) is 3.14. The van der Waals surface area contributed by atoms with Gasteiger partial charge in [0.05, 0.1) is 30.1 Å². The smallest absolute Gasteiger partial charge is 0.0918 e. The lowest BCUT2D eigenvalue weighted by Crippen LogP contribution is -2.54. The monoisotopic (exact) mass is 216 g/mol. The van der Waals surface area contributed by atoms with Crippen LogP contribution in [-0.4, -0.2) is 30.1 Å². The van der Waals surface area contributed by atoms with Gasteiger partial charge in [-0.15, -0.1) is 0 Å². The van der Waals surface area contributed by atoms with Crippen LogP contribution in [0.1, 0.15) is 40.5 Å². The van der Waals surface area contributed by atoms with Crippen LogP contribution in [0.2, 0.25) is 0 Å². The minimum absolute atomic E-state index is 0.0856. The van der Waals surface area contributed by atoms with Crippen molar-refractivity contribution in [2.24, 2.45) is 11.5 Å². The lowest BCUT2D eigenvalue weighted by atomic mass is 9.91. The van der Waals surface area contributed by atoms with Crippen molar-refractivity contribution < 1.29 is 9.47 Å². The molecule has 4 N–H and O–H groups in total. The third-order valence-corrected chi connectivity index (χ3v) is 3.37. The molecule has 0 aromatic rings. The Bertz CT molecular complexity index is 211. The van der Waals surface area contributed by atoms with Crippen LogP contribution in [0, 0.1) is 0 Å². The van der Waals surface area contributed by atoms with Gasteiger partial charge in [-0.2, -0.15) is 0 Å². The van der Waals surface area contributed by atoms with Crippen LogP contribution >= 0.6 is 0 Å². The average Bonchev–Trinajstić information content (AvgIpc) is 2.12. The van der Waals surface area contributed by atoms with E-state index in [1.165, 1.54) is 0 Å². The fourth-order valence-electron chi connectivity index (χ4n) is 1.91. The molecule has 1 saturated heterocycles. The van der Waals surface area contributed by atoms with Gasteiger partial charge in [-0.1, -0.05) is 0 Å². The van der Waals surface area contributed by atoms with Gasteiger partial charge in [0.15, 0.2) is 0 Å². The summed E-state index contributed by atoms with van der Waals surface area (Å²) in [5.74, 6) is 0. The highest BCUT2D eigenvalue weighted by molar-refractivity contribution is 4.89. The summed E-state index contributed by atoms with van der Waals surface area (Å²) in [5, 5.41) is 0. The van der Waals surface area contributed by atoms with E-state index < -0.39 is 0 Å². The maximum atomic E-state index is 6.01. The van der Waals surface area contributed by atoms with Crippen LogP contribution in [0.25, 0.3) is 0 Å². The molecule has 4 nitrogen and oxygen atoms in total. The largest absolute Gasteiger partial charge is 0.370 e. The van der Waals surface area contributed by atoms with Crippen LogP contribution in [-0.2, 0) is 9.47 Å². The lowest BCUT2D eigenvalue weighted by molar-refractivity contribution is -0.252. The standard InChI is InChI=1S/C11H24N2O2/c1-7-8(2)15-11(4,9(3)14-7)6-5-10(12)13/h7-10H,5-6,12-13H2,1-4H3. The Balaban J connectivity index is 2.57. The summed E-state index contributed by atoms with van der Waals surface area (Å²) in [7, 11) is 0. The number of ether oxygens (including phenoxy) is 2. The van der Waals surface area contributed by atoms with Gasteiger partial charge < -0.3 is 20.9 Å². The molecule has 1 heterocycles. The number of hydrogen-bond donors (Lipinski definition) is 2. The van der Waals surface area contributed by atoms with E-state index in [0.29, 0.717) is 0 Å². The molecule has 0 aliphatic carbocycles. The van der Waals surface area contributed by atoms with E-state index in [-0.39, 0.29) is 30.1 Å². The molecule has 0 spiro atoms. The first-order chi connectivity index (χ1) is 6.85. The summed E-state index contributed by atoms with van der Waals surface area (Å²) >= 11 is 0. The Morgan fingerprint density at radius 3 is 2.33 bits per heavy atom. The van der Waals surface area contributed by atoms with Gasteiger partial charge in [0.2, 0.25) is 0 Å². The number of hydrogen-bond acceptors (Lipinski definition) is 4. The normalized spacial score (nSPS) is 42.2. The third-order valence-electron chi connectivity index (χ3n) is 3.37. The SMILES string of the molecule is CC1OC(C)C(C)(CCC(N)N)OC1C. The van der Waals surface area contributed by atoms with Gasteiger partial charge in [0.25, 0.3) is 0 Å². The van der Waals surface area contributed by atoms with Gasteiger partial charge in [-0.25, -0.2) is 0 Å². The first kappa shape index (κ1) is 12.9. The first-order valence-electron chi connectivity index (χ1n) is 5.69. The second-order valence-corrected chi connectivity index (χ2v) is 4.82. The van der Waals surface area contributed by atoms with Gasteiger partial charge in [-0.05, 0) is 40.5 Å². The van der Waals surface area contributed by atoms with Crippen molar-refractivity contribution >= 4 is 0 Å². The van der Waals surface area contributed by atoms with Crippen molar-refractivity contribution in [3.8, 4) is 0 Å². The Morgan fingerprint density at radius 2 is 1.80 bits per heavy atom. The zero-order chi connectivity index (χ0) is 11.6. The molecule has 4 heteroatoms. The maximum absolute atomic E-state index is 6.01. The van der Waals surface area contributed by atoms with Crippen molar-refractivity contribution in [3.63, 3.8) is 0 Å². The van der Waals surface area contributed by atoms with Crippen LogP contribution in [0.4, 0.5) is 0 Å². The second-order valence-electron chi connectivity index (χ2n) is 4.82.